The summed E-state index contributed by atoms with van der Waals surface area (Å²) in [6.07, 6.45) is 5.44. The number of para-hydroxylation sites is 1. The van der Waals surface area contributed by atoms with E-state index in [4.69, 9.17) is 15.9 Å². The third kappa shape index (κ3) is 6.70. The van der Waals surface area contributed by atoms with E-state index in [1.165, 1.54) is 12.1 Å². The van der Waals surface area contributed by atoms with Crippen LogP contribution < -0.4 is 9.46 Å². The van der Waals surface area contributed by atoms with Crippen LogP contribution in [0.15, 0.2) is 59.5 Å². The highest BCUT2D eigenvalue weighted by molar-refractivity contribution is 7.89. The Kier molecular flexibility index (Phi) is 8.07. The highest BCUT2D eigenvalue weighted by atomic mass is 32.2. The van der Waals surface area contributed by atoms with Crippen LogP contribution in [0.4, 0.5) is 0 Å². The maximum absolute atomic E-state index is 13.2. The van der Waals surface area contributed by atoms with E-state index < -0.39 is 33.6 Å². The topological polar surface area (TPSA) is 97.8 Å². The number of likely N-dealkylation sites (tertiary alicyclic amines) is 1. The first-order chi connectivity index (χ1) is 17.9. The first-order valence-electron chi connectivity index (χ1n) is 12.4. The predicted molar refractivity (Wildman–Crippen MR) is 146 cm³/mol. The van der Waals surface area contributed by atoms with Gasteiger partial charge in [0, 0.05) is 35.8 Å². The average Bonchev–Trinajstić information content (AvgIpc) is 3.23. The number of pyridine rings is 1. The molecule has 4 rings (SSSR count). The molecule has 2 heterocycles. The molecule has 1 saturated heterocycles. The van der Waals surface area contributed by atoms with Gasteiger partial charge in [-0.2, -0.15) is 0 Å². The van der Waals surface area contributed by atoms with E-state index in [1.54, 1.807) is 32.9 Å². The Morgan fingerprint density at radius 1 is 1.16 bits per heavy atom. The van der Waals surface area contributed by atoms with Crippen molar-refractivity contribution in [1.29, 1.82) is 0 Å². The van der Waals surface area contributed by atoms with Crippen LogP contribution in [0.3, 0.4) is 0 Å². The molecule has 0 radical (unpaired) electrons. The van der Waals surface area contributed by atoms with Crippen molar-refractivity contribution in [3.63, 3.8) is 0 Å². The third-order valence-electron chi connectivity index (χ3n) is 6.18. The molecule has 0 amide bonds. The van der Waals surface area contributed by atoms with Gasteiger partial charge in [-0.1, -0.05) is 24.1 Å². The van der Waals surface area contributed by atoms with Gasteiger partial charge in [0.25, 0.3) is 0 Å². The Balaban J connectivity index is 1.46. The molecule has 0 saturated carbocycles. The van der Waals surface area contributed by atoms with Crippen molar-refractivity contribution >= 4 is 26.9 Å². The van der Waals surface area contributed by atoms with Crippen molar-refractivity contribution in [1.82, 2.24) is 14.6 Å². The molecular formula is C29H33N3O5S. The van der Waals surface area contributed by atoms with Gasteiger partial charge in [0.2, 0.25) is 10.0 Å². The van der Waals surface area contributed by atoms with E-state index in [1.807, 2.05) is 42.2 Å². The number of nitrogens with zero attached hydrogens (tertiary/aromatic N) is 2. The summed E-state index contributed by atoms with van der Waals surface area (Å²) < 4.78 is 40.6. The second-order valence-electron chi connectivity index (χ2n) is 10.5. The van der Waals surface area contributed by atoms with Crippen molar-refractivity contribution in [3.8, 4) is 18.1 Å². The molecule has 1 N–H and O–H groups in total. The molecule has 1 aromatic heterocycles. The second kappa shape index (κ2) is 11.1. The van der Waals surface area contributed by atoms with Gasteiger partial charge in [-0.25, -0.2) is 13.1 Å². The molecule has 1 aliphatic heterocycles. The number of fused-ring (bicyclic) bond motifs is 1. The summed E-state index contributed by atoms with van der Waals surface area (Å²) >= 11 is 0. The summed E-state index contributed by atoms with van der Waals surface area (Å²) in [5.41, 5.74) is 2.11. The zero-order valence-corrected chi connectivity index (χ0v) is 22.9. The van der Waals surface area contributed by atoms with Crippen molar-refractivity contribution in [2.45, 2.75) is 50.8 Å². The maximum atomic E-state index is 13.2. The van der Waals surface area contributed by atoms with E-state index in [9.17, 15) is 13.2 Å². The minimum Gasteiger partial charge on any atom is -0.489 e. The predicted octanol–water partition coefficient (Wildman–Crippen LogP) is 3.68. The molecule has 38 heavy (non-hydrogen) atoms. The number of benzene rings is 2. The number of hydrogen-bond donors (Lipinski definition) is 1. The number of carbonyl (C=O) groups excluding carboxylic acids is 1. The van der Waals surface area contributed by atoms with Crippen molar-refractivity contribution < 1.29 is 22.7 Å². The van der Waals surface area contributed by atoms with Crippen LogP contribution >= 0.6 is 0 Å². The standard InChI is InChI=1S/C29H33N3O5S/c1-6-15-32-17-25(28(33)37-29(3,4)5)27(18-32)31-38(34,35)23-13-11-22(12-14-23)36-19-21-16-20(2)30-26-10-8-7-9-24(21)26/h1,7-14,16,25,27,31H,15,17-19H2,2-5H3/t25-,27+/m0/s1. The Bertz CT molecular complexity index is 1460. The maximum Gasteiger partial charge on any atom is 0.312 e. The van der Waals surface area contributed by atoms with Gasteiger partial charge in [-0.05, 0) is 64.1 Å². The fourth-order valence-corrected chi connectivity index (χ4v) is 5.80. The molecule has 9 heteroatoms. The molecule has 2 aromatic carbocycles. The molecule has 2 atom stereocenters. The third-order valence-corrected chi connectivity index (χ3v) is 7.69. The summed E-state index contributed by atoms with van der Waals surface area (Å²) in [5, 5.41) is 1.01. The molecule has 1 aliphatic rings. The number of esters is 1. The van der Waals surface area contributed by atoms with E-state index in [0.717, 1.165) is 22.2 Å². The fourth-order valence-electron chi connectivity index (χ4n) is 4.54. The zero-order valence-electron chi connectivity index (χ0n) is 22.1. The molecule has 8 nitrogen and oxygen atoms in total. The number of aryl methyl sites for hydroxylation is 1. The van der Waals surface area contributed by atoms with Crippen molar-refractivity contribution in [3.05, 3.63) is 65.9 Å². The molecular weight excluding hydrogens is 502 g/mol. The lowest BCUT2D eigenvalue weighted by atomic mass is 10.0. The lowest BCUT2D eigenvalue weighted by Gasteiger charge is -2.24. The lowest BCUT2D eigenvalue weighted by molar-refractivity contribution is -0.159. The molecule has 0 spiro atoms. The normalized spacial score (nSPS) is 18.3. The van der Waals surface area contributed by atoms with Gasteiger partial charge < -0.3 is 9.47 Å². The number of hydrogen-bond acceptors (Lipinski definition) is 7. The van der Waals surface area contributed by atoms with Gasteiger partial charge in [-0.3, -0.25) is 14.7 Å². The van der Waals surface area contributed by atoms with E-state index in [0.29, 0.717) is 32.0 Å². The van der Waals surface area contributed by atoms with Crippen molar-refractivity contribution in [2.24, 2.45) is 5.92 Å². The van der Waals surface area contributed by atoms with Gasteiger partial charge in [-0.15, -0.1) is 6.42 Å². The Morgan fingerprint density at radius 2 is 1.87 bits per heavy atom. The Hall–Kier alpha value is -3.45. The Morgan fingerprint density at radius 3 is 2.55 bits per heavy atom. The minimum absolute atomic E-state index is 0.0772. The minimum atomic E-state index is -3.91. The SMILES string of the molecule is C#CCN1C[C@H](C(=O)OC(C)(C)C)[C@H](NS(=O)(=O)c2ccc(OCc3cc(C)nc4ccccc34)cc2)C1. The number of sulfonamides is 1. The molecule has 3 aromatic rings. The Labute approximate surface area is 224 Å². The summed E-state index contributed by atoms with van der Waals surface area (Å²) in [4.78, 5) is 19.3. The summed E-state index contributed by atoms with van der Waals surface area (Å²) in [7, 11) is -3.91. The summed E-state index contributed by atoms with van der Waals surface area (Å²) in [5.74, 6) is 1.97. The highest BCUT2D eigenvalue weighted by Crippen LogP contribution is 2.25. The first-order valence-corrected chi connectivity index (χ1v) is 13.9. The quantitative estimate of drug-likeness (QED) is 0.347. The summed E-state index contributed by atoms with van der Waals surface area (Å²) in [6, 6.07) is 15.4. The molecule has 200 valence electrons. The number of ether oxygens (including phenoxy) is 2. The smallest absolute Gasteiger partial charge is 0.312 e. The van der Waals surface area contributed by atoms with Crippen LogP contribution in [0.5, 0.6) is 5.75 Å². The number of aromatic nitrogens is 1. The van der Waals surface area contributed by atoms with E-state index >= 15 is 0 Å². The van der Waals surface area contributed by atoms with Crippen LogP contribution in [0.25, 0.3) is 10.9 Å². The largest absolute Gasteiger partial charge is 0.489 e. The van der Waals surface area contributed by atoms with Crippen molar-refractivity contribution in [2.75, 3.05) is 19.6 Å². The monoisotopic (exact) mass is 535 g/mol. The van der Waals surface area contributed by atoms with E-state index in [-0.39, 0.29) is 4.90 Å². The van der Waals surface area contributed by atoms with Crippen LogP contribution in [-0.2, 0) is 26.2 Å². The number of terminal acetylenes is 1. The van der Waals surface area contributed by atoms with Crippen LogP contribution in [0.2, 0.25) is 0 Å². The van der Waals surface area contributed by atoms with Crippen LogP contribution in [-0.4, -0.2) is 55.5 Å². The van der Waals surface area contributed by atoms with Gasteiger partial charge >= 0.3 is 5.97 Å². The lowest BCUT2D eigenvalue weighted by Crippen LogP contribution is -2.44. The van der Waals surface area contributed by atoms with E-state index in [2.05, 4.69) is 15.6 Å². The van der Waals surface area contributed by atoms with Crippen LogP contribution in [0, 0.1) is 25.2 Å². The average molecular weight is 536 g/mol. The number of carbonyl (C=O) groups is 1. The van der Waals surface area contributed by atoms with Gasteiger partial charge in [0.05, 0.1) is 22.9 Å². The summed E-state index contributed by atoms with van der Waals surface area (Å²) in [6.45, 7) is 8.54. The fraction of sp³-hybridized carbons (Fsp3) is 0.379. The molecule has 0 aliphatic carbocycles. The first kappa shape index (κ1) is 27.6. The number of nitrogens with one attached hydrogen (secondary N) is 1. The molecule has 1 fully saturated rings. The molecule has 0 bridgehead atoms. The van der Waals surface area contributed by atoms with Gasteiger partial charge in [0.1, 0.15) is 18.0 Å². The number of rotatable bonds is 8. The zero-order chi connectivity index (χ0) is 27.5. The second-order valence-corrected chi connectivity index (χ2v) is 12.2. The van der Waals surface area contributed by atoms with Crippen LogP contribution in [0.1, 0.15) is 32.0 Å². The molecule has 0 unspecified atom stereocenters. The highest BCUT2D eigenvalue weighted by Gasteiger charge is 2.41. The van der Waals surface area contributed by atoms with Gasteiger partial charge in [0.15, 0.2) is 0 Å².